The van der Waals surface area contributed by atoms with E-state index in [-0.39, 0.29) is 76.0 Å². The number of nitro groups is 1. The Hall–Kier alpha value is -6.03. The lowest BCUT2D eigenvalue weighted by molar-refractivity contribution is -0.525. The molecular weight excluding hydrogens is 802 g/mol. The largest absolute Gasteiger partial charge is 0.507 e. The smallest absolute Gasteiger partial charge is 0.342 e. The highest BCUT2D eigenvalue weighted by Gasteiger charge is 2.39. The molecule has 0 radical (unpaired) electrons. The van der Waals surface area contributed by atoms with Crippen molar-refractivity contribution in [2.75, 3.05) is 33.9 Å². The first-order valence-electron chi connectivity index (χ1n) is 20.1. The highest BCUT2D eigenvalue weighted by atomic mass is 16.7. The minimum atomic E-state index is -1.40. The van der Waals surface area contributed by atoms with Crippen LogP contribution < -0.4 is 37.6 Å². The summed E-state index contributed by atoms with van der Waals surface area (Å²) in [5.41, 5.74) is 15.4. The average Bonchev–Trinajstić information content (AvgIpc) is 3.87. The van der Waals surface area contributed by atoms with Crippen molar-refractivity contribution in [3.63, 3.8) is 0 Å². The molecule has 10 N–H and O–H groups in total. The Balaban J connectivity index is 1.77. The molecule has 1 aromatic carbocycles. The van der Waals surface area contributed by atoms with Crippen molar-refractivity contribution >= 4 is 41.5 Å². The average molecular weight is 862 g/mol. The van der Waals surface area contributed by atoms with E-state index in [1.54, 1.807) is 25.3 Å². The van der Waals surface area contributed by atoms with Gasteiger partial charge in [0.25, 0.3) is 5.96 Å². The fraction of sp³-hybridized carbons (Fsp3) is 0.615. The van der Waals surface area contributed by atoms with Gasteiger partial charge in [-0.3, -0.25) is 19.2 Å². The van der Waals surface area contributed by atoms with E-state index in [0.717, 1.165) is 12.7 Å². The van der Waals surface area contributed by atoms with Crippen LogP contribution in [-0.2, 0) is 46.5 Å². The van der Waals surface area contributed by atoms with Crippen LogP contribution in [0.3, 0.4) is 0 Å². The van der Waals surface area contributed by atoms with Crippen molar-refractivity contribution in [1.82, 2.24) is 26.3 Å². The molecule has 22 nitrogen and oxygen atoms in total. The number of amides is 4. The highest BCUT2D eigenvalue weighted by molar-refractivity contribution is 5.98. The number of carbonyl (C=O) groups excluding carboxylic acids is 6. The number of ether oxygens (including phenoxy) is 3. The molecule has 1 saturated heterocycles. The zero-order chi connectivity index (χ0) is 45.4. The van der Waals surface area contributed by atoms with Gasteiger partial charge >= 0.3 is 11.9 Å². The summed E-state index contributed by atoms with van der Waals surface area (Å²) in [4.78, 5) is 95.2. The summed E-state index contributed by atoms with van der Waals surface area (Å²) in [7, 11) is 2.56. The molecule has 1 fully saturated rings. The number of phenols is 1. The van der Waals surface area contributed by atoms with E-state index in [2.05, 4.69) is 25.7 Å². The van der Waals surface area contributed by atoms with E-state index in [1.807, 2.05) is 0 Å². The molecule has 61 heavy (non-hydrogen) atoms. The lowest BCUT2D eigenvalue weighted by atomic mass is 9.94. The molecule has 0 bridgehead atoms. The number of benzene rings is 1. The number of guanidine groups is 1. The van der Waals surface area contributed by atoms with E-state index in [4.69, 9.17) is 20.9 Å². The number of carbonyl (C=O) groups is 6. The quantitative estimate of drug-likeness (QED) is 0.0133. The molecule has 5 atom stereocenters. The Bertz CT molecular complexity index is 1850. The van der Waals surface area contributed by atoms with Crippen molar-refractivity contribution in [2.45, 2.75) is 122 Å². The standard InChI is InChI=1S/C39H59N9O13/c1-21(13-15-24-32(51)30-25(20-61-37(30)55)22(2)33(24)59-4)14-16-29(50)43-27(11-8-18-42-39(41)46-48(57)58)36(54)47-19-9-12-28(47)35(53)44-26(10-6-7-17-40)34(52)45-31(23(3)49)38(56)60-5/h13,23,26-28,31,49,51H,6-12,14-20,40H2,1-5H3,(H,43,50)(H,44,53)(H,45,52)(H3,41,42,46)/b21-13+/t23-,26+,27+,28+,31+/m1/s1. The number of aromatic hydroxyl groups is 1. The molecule has 0 aliphatic carbocycles. The van der Waals surface area contributed by atoms with Gasteiger partial charge < -0.3 is 56.7 Å². The number of aliphatic imine (C=N–C) groups is 1. The number of esters is 2. The van der Waals surface area contributed by atoms with Gasteiger partial charge in [-0.15, -0.1) is 0 Å². The van der Waals surface area contributed by atoms with Crippen LogP contribution in [0.15, 0.2) is 16.6 Å². The third-order valence-corrected chi connectivity index (χ3v) is 10.5. The highest BCUT2D eigenvalue weighted by Crippen LogP contribution is 2.42. The zero-order valence-corrected chi connectivity index (χ0v) is 35.2. The number of nitrogens with two attached hydrogens (primary N) is 2. The second kappa shape index (κ2) is 23.7. The first-order chi connectivity index (χ1) is 28.9. The molecule has 2 aliphatic heterocycles. The molecule has 3 rings (SSSR count). The van der Waals surface area contributed by atoms with E-state index >= 15 is 0 Å². The molecule has 4 amide bonds. The first-order valence-corrected chi connectivity index (χ1v) is 20.1. The van der Waals surface area contributed by atoms with Crippen molar-refractivity contribution < 1.29 is 58.2 Å². The fourth-order valence-corrected chi connectivity index (χ4v) is 7.15. The number of hydrogen-bond acceptors (Lipinski definition) is 15. The number of hydrogen-bond donors (Lipinski definition) is 8. The number of nitrogens with one attached hydrogen (secondary N) is 4. The van der Waals surface area contributed by atoms with Gasteiger partial charge in [-0.05, 0) is 90.7 Å². The predicted molar refractivity (Wildman–Crippen MR) is 218 cm³/mol. The summed E-state index contributed by atoms with van der Waals surface area (Å²) >= 11 is 0. The van der Waals surface area contributed by atoms with Crippen LogP contribution in [0, 0.1) is 17.0 Å². The predicted octanol–water partition coefficient (Wildman–Crippen LogP) is -0.347. The summed E-state index contributed by atoms with van der Waals surface area (Å²) in [5, 5.41) is 38.8. The normalized spacial score (nSPS) is 17.0. The molecule has 0 spiro atoms. The Kier molecular flexibility index (Phi) is 19.1. The van der Waals surface area contributed by atoms with E-state index in [0.29, 0.717) is 48.2 Å². The van der Waals surface area contributed by atoms with Crippen molar-refractivity contribution in [3.05, 3.63) is 44.0 Å². The van der Waals surface area contributed by atoms with Crippen LogP contribution in [0.1, 0.15) is 98.7 Å². The van der Waals surface area contributed by atoms with Crippen LogP contribution in [0.25, 0.3) is 0 Å². The van der Waals surface area contributed by atoms with Crippen LogP contribution in [0.2, 0.25) is 0 Å². The van der Waals surface area contributed by atoms with Gasteiger partial charge in [-0.2, -0.15) is 0 Å². The van der Waals surface area contributed by atoms with Crippen molar-refractivity contribution in [1.29, 1.82) is 0 Å². The number of hydrazine groups is 1. The van der Waals surface area contributed by atoms with Crippen LogP contribution in [0.5, 0.6) is 11.5 Å². The van der Waals surface area contributed by atoms with E-state index in [1.165, 1.54) is 18.9 Å². The summed E-state index contributed by atoms with van der Waals surface area (Å²) in [5.74, 6) is -4.23. The number of phenolic OH excluding ortho intramolecular Hbond substituents is 1. The van der Waals surface area contributed by atoms with Gasteiger partial charge in [0.15, 0.2) is 11.1 Å². The summed E-state index contributed by atoms with van der Waals surface area (Å²) < 4.78 is 15.4. The number of cyclic esters (lactones) is 1. The number of nitrogens with zero attached hydrogens (tertiary/aromatic N) is 3. The topological polar surface area (TPSA) is 329 Å². The van der Waals surface area contributed by atoms with Crippen LogP contribution >= 0.6 is 0 Å². The second-order valence-corrected chi connectivity index (χ2v) is 14.9. The number of aliphatic hydroxyl groups excluding tert-OH is 1. The first kappa shape index (κ1) is 49.3. The van der Waals surface area contributed by atoms with Gasteiger partial charge in [0.2, 0.25) is 23.6 Å². The van der Waals surface area contributed by atoms with Crippen LogP contribution in [-0.4, -0.2) is 126 Å². The Morgan fingerprint density at radius 1 is 1.10 bits per heavy atom. The zero-order valence-electron chi connectivity index (χ0n) is 35.2. The number of rotatable bonds is 23. The van der Waals surface area contributed by atoms with E-state index in [9.17, 15) is 49.1 Å². The number of fused-ring (bicyclic) bond motifs is 1. The molecule has 2 heterocycles. The second-order valence-electron chi connectivity index (χ2n) is 14.9. The molecule has 1 aromatic rings. The monoisotopic (exact) mass is 861 g/mol. The lowest BCUT2D eigenvalue weighted by Gasteiger charge is -2.30. The van der Waals surface area contributed by atoms with Gasteiger partial charge in [-0.1, -0.05) is 17.1 Å². The van der Waals surface area contributed by atoms with Crippen molar-refractivity contribution in [2.24, 2.45) is 16.5 Å². The van der Waals surface area contributed by atoms with Gasteiger partial charge in [0.1, 0.15) is 41.8 Å². The maximum absolute atomic E-state index is 14.2. The Morgan fingerprint density at radius 2 is 1.80 bits per heavy atom. The van der Waals surface area contributed by atoms with Gasteiger partial charge in [0.05, 0.1) is 20.3 Å². The Labute approximate surface area is 353 Å². The number of methoxy groups -OCH3 is 2. The molecule has 338 valence electrons. The summed E-state index contributed by atoms with van der Waals surface area (Å²) in [6, 6.07) is -4.72. The molecule has 0 saturated carbocycles. The summed E-state index contributed by atoms with van der Waals surface area (Å²) in [6.07, 6.45) is 2.84. The lowest BCUT2D eigenvalue weighted by Crippen LogP contribution is -2.58. The number of unbranched alkanes of at least 4 members (excludes halogenated alkanes) is 1. The minimum Gasteiger partial charge on any atom is -0.507 e. The maximum Gasteiger partial charge on any atom is 0.342 e. The number of allylic oxidation sites excluding steroid dienone is 2. The summed E-state index contributed by atoms with van der Waals surface area (Å²) in [6.45, 7) is 5.34. The number of likely N-dealkylation sites (tertiary alicyclic amines) is 1. The van der Waals surface area contributed by atoms with Gasteiger partial charge in [0, 0.05) is 30.6 Å². The fourth-order valence-electron chi connectivity index (χ4n) is 7.15. The Morgan fingerprint density at radius 3 is 2.44 bits per heavy atom. The molecular formula is C39H59N9O13. The van der Waals surface area contributed by atoms with Crippen LogP contribution in [0.4, 0.5) is 0 Å². The molecule has 22 heteroatoms. The third kappa shape index (κ3) is 13.7. The molecule has 2 aliphatic rings. The van der Waals surface area contributed by atoms with Gasteiger partial charge in [-0.25, -0.2) is 24.7 Å². The molecule has 0 aromatic heterocycles. The minimum absolute atomic E-state index is 0.0248. The van der Waals surface area contributed by atoms with E-state index < -0.39 is 76.8 Å². The maximum atomic E-state index is 14.2. The molecule has 0 unspecified atom stereocenters. The van der Waals surface area contributed by atoms with Crippen molar-refractivity contribution in [3.8, 4) is 11.5 Å². The number of aliphatic hydroxyl groups is 1. The SMILES string of the molecule is COC(=O)[C@@H](NC(=O)[C@H](CCCCN)NC(=O)[C@@H]1CCCN1C(=O)[C@H](CCCN=C(N)N[N+](=O)[O-])NC(=O)CC/C(C)=C/Cc1c(O)c2c(c(C)c1OC)COC2=O)[C@@H](C)O. The third-order valence-electron chi connectivity index (χ3n) is 10.5.